The van der Waals surface area contributed by atoms with Crippen LogP contribution in [-0.4, -0.2) is 25.4 Å². The molecular formula is C17H17N5O. The van der Waals surface area contributed by atoms with Gasteiger partial charge in [-0.05, 0) is 12.5 Å². The Bertz CT molecular complexity index is 813. The lowest BCUT2D eigenvalue weighted by atomic mass is 10.0. The van der Waals surface area contributed by atoms with Crippen LogP contribution in [0.5, 0.6) is 0 Å². The Morgan fingerprint density at radius 2 is 2.09 bits per heavy atom. The number of nitrogens with one attached hydrogen (secondary N) is 1. The van der Waals surface area contributed by atoms with E-state index in [-0.39, 0.29) is 17.6 Å². The third kappa shape index (κ3) is 3.26. The molecule has 3 aromatic rings. The van der Waals surface area contributed by atoms with E-state index < -0.39 is 0 Å². The molecule has 6 nitrogen and oxygen atoms in total. The second kappa shape index (κ2) is 6.39. The third-order valence-electron chi connectivity index (χ3n) is 3.56. The van der Waals surface area contributed by atoms with Gasteiger partial charge < -0.3 is 9.88 Å². The number of carbonyl (C=O) groups excluding carboxylic acids is 1. The van der Waals surface area contributed by atoms with Crippen LogP contribution in [-0.2, 0) is 7.05 Å². The Labute approximate surface area is 134 Å². The second-order valence-electron chi connectivity index (χ2n) is 5.31. The molecule has 0 aliphatic rings. The molecule has 2 aromatic heterocycles. The van der Waals surface area contributed by atoms with Crippen molar-refractivity contribution in [3.63, 3.8) is 0 Å². The van der Waals surface area contributed by atoms with Crippen molar-refractivity contribution in [1.29, 1.82) is 0 Å². The number of benzene rings is 1. The predicted molar refractivity (Wildman–Crippen MR) is 85.7 cm³/mol. The maximum Gasteiger partial charge on any atom is 0.272 e. The van der Waals surface area contributed by atoms with Crippen LogP contribution in [0.25, 0.3) is 0 Å². The highest BCUT2D eigenvalue weighted by atomic mass is 16.2. The van der Waals surface area contributed by atoms with Crippen molar-refractivity contribution in [3.05, 3.63) is 77.9 Å². The average molecular weight is 307 g/mol. The molecule has 1 N–H and O–H groups in total. The van der Waals surface area contributed by atoms with E-state index in [4.69, 9.17) is 0 Å². The molecule has 1 aromatic carbocycles. The van der Waals surface area contributed by atoms with Gasteiger partial charge in [0.2, 0.25) is 0 Å². The summed E-state index contributed by atoms with van der Waals surface area (Å²) in [6.45, 7) is 2.02. The topological polar surface area (TPSA) is 72.7 Å². The quantitative estimate of drug-likeness (QED) is 0.800. The monoisotopic (exact) mass is 307 g/mol. The molecule has 1 atom stereocenters. The first kappa shape index (κ1) is 14.9. The van der Waals surface area contributed by atoms with Gasteiger partial charge in [-0.3, -0.25) is 9.78 Å². The van der Waals surface area contributed by atoms with Gasteiger partial charge in [0, 0.05) is 31.8 Å². The van der Waals surface area contributed by atoms with Crippen LogP contribution in [0.15, 0.2) is 55.2 Å². The smallest absolute Gasteiger partial charge is 0.272 e. The minimum Gasteiger partial charge on any atom is -0.337 e. The minimum absolute atomic E-state index is 0.277. The minimum atomic E-state index is -0.357. The van der Waals surface area contributed by atoms with Crippen molar-refractivity contribution in [2.75, 3.05) is 0 Å². The number of rotatable bonds is 4. The number of hydrogen-bond acceptors (Lipinski definition) is 4. The molecule has 0 aliphatic carbocycles. The van der Waals surface area contributed by atoms with Gasteiger partial charge in [-0.1, -0.05) is 29.8 Å². The average Bonchev–Trinajstić information content (AvgIpc) is 2.99. The van der Waals surface area contributed by atoms with Crippen molar-refractivity contribution in [3.8, 4) is 0 Å². The number of hydrogen-bond donors (Lipinski definition) is 1. The Morgan fingerprint density at radius 1 is 1.22 bits per heavy atom. The van der Waals surface area contributed by atoms with E-state index in [1.165, 1.54) is 18.6 Å². The summed E-state index contributed by atoms with van der Waals surface area (Å²) in [5, 5.41) is 3.00. The van der Waals surface area contributed by atoms with Crippen molar-refractivity contribution in [2.24, 2.45) is 7.05 Å². The molecule has 1 amide bonds. The van der Waals surface area contributed by atoms with Crippen LogP contribution < -0.4 is 5.32 Å². The van der Waals surface area contributed by atoms with E-state index in [1.807, 2.05) is 49.0 Å². The van der Waals surface area contributed by atoms with Gasteiger partial charge in [0.15, 0.2) is 0 Å². The molecule has 0 aliphatic heterocycles. The molecule has 6 heteroatoms. The fraction of sp³-hybridized carbons (Fsp3) is 0.176. The van der Waals surface area contributed by atoms with Crippen LogP contribution in [0, 0.1) is 6.92 Å². The number of carbonyl (C=O) groups is 1. The summed E-state index contributed by atoms with van der Waals surface area (Å²) in [7, 11) is 1.90. The molecule has 1 unspecified atom stereocenters. The summed E-state index contributed by atoms with van der Waals surface area (Å²) >= 11 is 0. The number of amides is 1. The number of aromatic nitrogens is 4. The van der Waals surface area contributed by atoms with Crippen molar-refractivity contribution >= 4 is 5.91 Å². The van der Waals surface area contributed by atoms with E-state index in [0.717, 1.165) is 17.0 Å². The van der Waals surface area contributed by atoms with Gasteiger partial charge in [-0.2, -0.15) is 0 Å². The molecule has 116 valence electrons. The van der Waals surface area contributed by atoms with Gasteiger partial charge in [0.1, 0.15) is 17.6 Å². The third-order valence-corrected chi connectivity index (χ3v) is 3.56. The second-order valence-corrected chi connectivity index (χ2v) is 5.31. The lowest BCUT2D eigenvalue weighted by Crippen LogP contribution is -2.31. The van der Waals surface area contributed by atoms with Crippen molar-refractivity contribution < 1.29 is 4.79 Å². The van der Waals surface area contributed by atoms with Gasteiger partial charge in [0.25, 0.3) is 5.91 Å². The molecule has 0 fully saturated rings. The van der Waals surface area contributed by atoms with Crippen molar-refractivity contribution in [2.45, 2.75) is 13.0 Å². The maximum atomic E-state index is 12.5. The van der Waals surface area contributed by atoms with Crippen LogP contribution in [0.1, 0.15) is 33.5 Å². The van der Waals surface area contributed by atoms with E-state index >= 15 is 0 Å². The lowest BCUT2D eigenvalue weighted by Gasteiger charge is -2.19. The molecule has 0 spiro atoms. The molecule has 3 rings (SSSR count). The van der Waals surface area contributed by atoms with Gasteiger partial charge in [-0.25, -0.2) is 9.97 Å². The molecule has 23 heavy (non-hydrogen) atoms. The largest absolute Gasteiger partial charge is 0.337 e. The zero-order valence-electron chi connectivity index (χ0n) is 13.0. The van der Waals surface area contributed by atoms with E-state index in [2.05, 4.69) is 20.3 Å². The number of aryl methyl sites for hydroxylation is 2. The molecule has 0 bridgehead atoms. The maximum absolute atomic E-state index is 12.5. The highest BCUT2D eigenvalue weighted by molar-refractivity contribution is 5.92. The lowest BCUT2D eigenvalue weighted by molar-refractivity contribution is 0.0935. The normalized spacial score (nSPS) is 11.9. The summed E-state index contributed by atoms with van der Waals surface area (Å²) in [6.07, 6.45) is 8.05. The summed E-state index contributed by atoms with van der Waals surface area (Å²) in [5.74, 6) is 0.473. The number of nitrogens with zero attached hydrogens (tertiary/aromatic N) is 4. The summed E-state index contributed by atoms with van der Waals surface area (Å²) in [4.78, 5) is 24.8. The number of imidazole rings is 1. The standard InChI is InChI=1S/C17H17N5O/c1-12-4-3-5-13(10-12)15(16-20-8-9-22(16)2)21-17(23)14-11-18-6-7-19-14/h3-11,15H,1-2H3,(H,21,23). The Morgan fingerprint density at radius 3 is 2.74 bits per heavy atom. The fourth-order valence-electron chi connectivity index (χ4n) is 2.42. The van der Waals surface area contributed by atoms with Gasteiger partial charge in [0.05, 0.1) is 6.20 Å². The highest BCUT2D eigenvalue weighted by Gasteiger charge is 2.22. The summed E-state index contributed by atoms with van der Waals surface area (Å²) in [6, 6.07) is 7.64. The SMILES string of the molecule is Cc1cccc(C(NC(=O)c2cnccn2)c2nccn2C)c1. The van der Waals surface area contributed by atoms with Crippen LogP contribution >= 0.6 is 0 Å². The van der Waals surface area contributed by atoms with Crippen LogP contribution in [0.3, 0.4) is 0 Å². The fourth-order valence-corrected chi connectivity index (χ4v) is 2.42. The molecule has 0 radical (unpaired) electrons. The van der Waals surface area contributed by atoms with E-state index in [9.17, 15) is 4.79 Å². The van der Waals surface area contributed by atoms with E-state index in [0.29, 0.717) is 0 Å². The van der Waals surface area contributed by atoms with Crippen LogP contribution in [0.4, 0.5) is 0 Å². The molecule has 2 heterocycles. The zero-order valence-corrected chi connectivity index (χ0v) is 13.0. The Hall–Kier alpha value is -3.02. The zero-order chi connectivity index (χ0) is 16.2. The van der Waals surface area contributed by atoms with E-state index in [1.54, 1.807) is 6.20 Å². The van der Waals surface area contributed by atoms with Crippen LogP contribution in [0.2, 0.25) is 0 Å². The van der Waals surface area contributed by atoms with Gasteiger partial charge >= 0.3 is 0 Å². The Kier molecular flexibility index (Phi) is 4.14. The molecule has 0 saturated heterocycles. The summed E-state index contributed by atoms with van der Waals surface area (Å²) in [5.41, 5.74) is 2.37. The first-order valence-corrected chi connectivity index (χ1v) is 7.26. The highest BCUT2D eigenvalue weighted by Crippen LogP contribution is 2.21. The first-order chi connectivity index (χ1) is 11.1. The first-order valence-electron chi connectivity index (χ1n) is 7.26. The van der Waals surface area contributed by atoms with Crippen molar-refractivity contribution in [1.82, 2.24) is 24.8 Å². The summed E-state index contributed by atoms with van der Waals surface area (Å²) < 4.78 is 1.89. The Balaban J connectivity index is 1.96. The van der Waals surface area contributed by atoms with Gasteiger partial charge in [-0.15, -0.1) is 0 Å². The predicted octanol–water partition coefficient (Wildman–Crippen LogP) is 2.04. The molecule has 0 saturated carbocycles. The molecular weight excluding hydrogens is 290 g/mol.